The normalized spacial score (nSPS) is 22.2. The van der Waals surface area contributed by atoms with Gasteiger partial charge in [0.1, 0.15) is 0 Å². The van der Waals surface area contributed by atoms with Crippen LogP contribution in [0.4, 0.5) is 6.01 Å². The van der Waals surface area contributed by atoms with Gasteiger partial charge in [0.05, 0.1) is 31.9 Å². The van der Waals surface area contributed by atoms with E-state index in [1.165, 1.54) is 0 Å². The molecule has 2 rings (SSSR count). The maximum atomic E-state index is 9.30. The van der Waals surface area contributed by atoms with Gasteiger partial charge in [-0.05, 0) is 13.5 Å². The Balaban J connectivity index is 2.08. The first kappa shape index (κ1) is 13.3. The van der Waals surface area contributed by atoms with Crippen LogP contribution in [0.1, 0.15) is 25.8 Å². The molecule has 1 saturated heterocycles. The number of aliphatic hydroxyl groups excluding tert-OH is 1. The molecule has 2 N–H and O–H groups in total. The summed E-state index contributed by atoms with van der Waals surface area (Å²) < 4.78 is 11.0. The molecule has 7 heteroatoms. The van der Waals surface area contributed by atoms with Gasteiger partial charge in [0.25, 0.3) is 0 Å². The van der Waals surface area contributed by atoms with Crippen molar-refractivity contribution in [3.63, 3.8) is 0 Å². The molecule has 2 atom stereocenters. The predicted octanol–water partition coefficient (Wildman–Crippen LogP) is -0.0624. The largest absolute Gasteiger partial charge is 0.406 e. The highest BCUT2D eigenvalue weighted by Gasteiger charge is 2.27. The lowest BCUT2D eigenvalue weighted by Gasteiger charge is -2.32. The topological polar surface area (TPSA) is 83.7 Å². The molecule has 1 aromatic heterocycles. The summed E-state index contributed by atoms with van der Waals surface area (Å²) in [6, 6.07) is 0.378. The lowest BCUT2D eigenvalue weighted by Crippen LogP contribution is -2.47. The lowest BCUT2D eigenvalue weighted by atomic mass is 10.2. The van der Waals surface area contributed by atoms with Crippen LogP contribution in [0.15, 0.2) is 4.42 Å². The van der Waals surface area contributed by atoms with E-state index in [0.717, 1.165) is 6.54 Å². The van der Waals surface area contributed by atoms with Crippen molar-refractivity contribution in [3.8, 4) is 0 Å². The van der Waals surface area contributed by atoms with Gasteiger partial charge in [-0.15, -0.1) is 5.10 Å². The third kappa shape index (κ3) is 2.80. The van der Waals surface area contributed by atoms with Crippen LogP contribution in [0.3, 0.4) is 0 Å². The number of hydrogen-bond acceptors (Lipinski definition) is 7. The molecule has 0 radical (unpaired) electrons. The van der Waals surface area contributed by atoms with Crippen LogP contribution in [0.25, 0.3) is 0 Å². The van der Waals surface area contributed by atoms with Crippen LogP contribution in [0.5, 0.6) is 0 Å². The minimum absolute atomic E-state index is 0.0144. The van der Waals surface area contributed by atoms with E-state index in [-0.39, 0.29) is 18.7 Å². The molecule has 0 aliphatic carbocycles. The molecular formula is C11H20N4O3. The first-order valence-corrected chi connectivity index (χ1v) is 6.28. The van der Waals surface area contributed by atoms with Gasteiger partial charge in [0, 0.05) is 6.54 Å². The Morgan fingerprint density at radius 3 is 3.11 bits per heavy atom. The SMILES string of the molecule is CCNC(C)c1nnc(N2CCOCC2CO)o1. The van der Waals surface area contributed by atoms with Gasteiger partial charge in [0.2, 0.25) is 5.89 Å². The second kappa shape index (κ2) is 6.12. The highest BCUT2D eigenvalue weighted by Crippen LogP contribution is 2.20. The Labute approximate surface area is 106 Å². The molecule has 102 valence electrons. The minimum Gasteiger partial charge on any atom is -0.406 e. The van der Waals surface area contributed by atoms with Crippen molar-refractivity contribution in [1.29, 1.82) is 0 Å². The molecule has 0 amide bonds. The molecule has 18 heavy (non-hydrogen) atoms. The Hall–Kier alpha value is -1.18. The van der Waals surface area contributed by atoms with E-state index in [9.17, 15) is 5.11 Å². The summed E-state index contributed by atoms with van der Waals surface area (Å²) in [5.41, 5.74) is 0. The number of hydrogen-bond donors (Lipinski definition) is 2. The molecule has 1 aliphatic heterocycles. The van der Waals surface area contributed by atoms with Gasteiger partial charge < -0.3 is 24.5 Å². The van der Waals surface area contributed by atoms with E-state index >= 15 is 0 Å². The first-order chi connectivity index (χ1) is 8.76. The Morgan fingerprint density at radius 1 is 1.56 bits per heavy atom. The zero-order valence-electron chi connectivity index (χ0n) is 10.8. The van der Waals surface area contributed by atoms with E-state index in [2.05, 4.69) is 15.5 Å². The number of morpholine rings is 1. The summed E-state index contributed by atoms with van der Waals surface area (Å²) in [6.07, 6.45) is 0. The Kier molecular flexibility index (Phi) is 4.51. The van der Waals surface area contributed by atoms with Crippen molar-refractivity contribution in [2.45, 2.75) is 25.9 Å². The Morgan fingerprint density at radius 2 is 2.39 bits per heavy atom. The highest BCUT2D eigenvalue weighted by molar-refractivity contribution is 5.27. The molecule has 1 aliphatic rings. The number of nitrogens with one attached hydrogen (secondary N) is 1. The van der Waals surface area contributed by atoms with Crippen LogP contribution in [-0.2, 0) is 4.74 Å². The third-order valence-corrected chi connectivity index (χ3v) is 2.99. The van der Waals surface area contributed by atoms with E-state index in [1.807, 2.05) is 18.7 Å². The third-order valence-electron chi connectivity index (χ3n) is 2.99. The van der Waals surface area contributed by atoms with Gasteiger partial charge in [-0.3, -0.25) is 0 Å². The van der Waals surface area contributed by atoms with Crippen molar-refractivity contribution in [3.05, 3.63) is 5.89 Å². The van der Waals surface area contributed by atoms with Crippen LogP contribution < -0.4 is 10.2 Å². The zero-order chi connectivity index (χ0) is 13.0. The predicted molar refractivity (Wildman–Crippen MR) is 65.4 cm³/mol. The van der Waals surface area contributed by atoms with Gasteiger partial charge in [-0.2, -0.15) is 0 Å². The molecule has 2 unspecified atom stereocenters. The second-order valence-electron chi connectivity index (χ2n) is 4.31. The molecule has 1 fully saturated rings. The first-order valence-electron chi connectivity index (χ1n) is 6.28. The number of rotatable bonds is 5. The summed E-state index contributed by atoms with van der Waals surface area (Å²) >= 11 is 0. The lowest BCUT2D eigenvalue weighted by molar-refractivity contribution is 0.0697. The molecule has 7 nitrogen and oxygen atoms in total. The fraction of sp³-hybridized carbons (Fsp3) is 0.818. The van der Waals surface area contributed by atoms with E-state index < -0.39 is 0 Å². The van der Waals surface area contributed by atoms with Crippen molar-refractivity contribution < 1.29 is 14.3 Å². The summed E-state index contributed by atoms with van der Waals surface area (Å²) in [5.74, 6) is 0.565. The molecule has 0 spiro atoms. The average molecular weight is 256 g/mol. The van der Waals surface area contributed by atoms with Crippen LogP contribution in [0.2, 0.25) is 0 Å². The fourth-order valence-electron chi connectivity index (χ4n) is 1.97. The molecule has 0 bridgehead atoms. The van der Waals surface area contributed by atoms with Gasteiger partial charge in [-0.25, -0.2) is 0 Å². The van der Waals surface area contributed by atoms with Crippen molar-refractivity contribution in [1.82, 2.24) is 15.5 Å². The molecule has 1 aromatic rings. The standard InChI is InChI=1S/C11H20N4O3/c1-3-12-8(2)10-13-14-11(18-10)15-4-5-17-7-9(15)6-16/h8-9,12,16H,3-7H2,1-2H3. The van der Waals surface area contributed by atoms with E-state index in [0.29, 0.717) is 31.7 Å². The summed E-state index contributed by atoms with van der Waals surface area (Å²) in [6.45, 7) is 6.60. The number of aliphatic hydroxyl groups is 1. The molecule has 0 aromatic carbocycles. The number of anilines is 1. The van der Waals surface area contributed by atoms with Gasteiger partial charge in [0.15, 0.2) is 0 Å². The van der Waals surface area contributed by atoms with Gasteiger partial charge in [-0.1, -0.05) is 12.0 Å². The average Bonchev–Trinajstić information content (AvgIpc) is 2.88. The molecule has 2 heterocycles. The van der Waals surface area contributed by atoms with Crippen molar-refractivity contribution >= 4 is 6.01 Å². The zero-order valence-corrected chi connectivity index (χ0v) is 10.8. The van der Waals surface area contributed by atoms with Crippen LogP contribution >= 0.6 is 0 Å². The summed E-state index contributed by atoms with van der Waals surface area (Å²) in [4.78, 5) is 1.90. The van der Waals surface area contributed by atoms with E-state index in [1.54, 1.807) is 0 Å². The molecule has 0 saturated carbocycles. The fourth-order valence-corrected chi connectivity index (χ4v) is 1.97. The smallest absolute Gasteiger partial charge is 0.318 e. The van der Waals surface area contributed by atoms with Gasteiger partial charge >= 0.3 is 6.01 Å². The Bertz CT molecular complexity index is 371. The number of aromatic nitrogens is 2. The minimum atomic E-state index is -0.110. The van der Waals surface area contributed by atoms with Crippen molar-refractivity contribution in [2.75, 3.05) is 37.8 Å². The number of ether oxygens (including phenoxy) is 1. The van der Waals surface area contributed by atoms with Crippen LogP contribution in [-0.4, -0.2) is 54.3 Å². The number of nitrogens with zero attached hydrogens (tertiary/aromatic N) is 3. The summed E-state index contributed by atoms with van der Waals surface area (Å²) in [7, 11) is 0. The van der Waals surface area contributed by atoms with E-state index in [4.69, 9.17) is 9.15 Å². The summed E-state index contributed by atoms with van der Waals surface area (Å²) in [5, 5.41) is 20.6. The van der Waals surface area contributed by atoms with Crippen molar-refractivity contribution in [2.24, 2.45) is 0 Å². The highest BCUT2D eigenvalue weighted by atomic mass is 16.5. The monoisotopic (exact) mass is 256 g/mol. The second-order valence-corrected chi connectivity index (χ2v) is 4.31. The van der Waals surface area contributed by atoms with Crippen LogP contribution in [0, 0.1) is 0 Å². The maximum absolute atomic E-state index is 9.30. The maximum Gasteiger partial charge on any atom is 0.318 e. The molecular weight excluding hydrogens is 236 g/mol. The quantitative estimate of drug-likeness (QED) is 0.763.